The Morgan fingerprint density at radius 3 is 2.27 bits per heavy atom. The quantitative estimate of drug-likeness (QED) is 0.744. The molecule has 1 atom stereocenters. The first kappa shape index (κ1) is 13.7. The lowest BCUT2D eigenvalue weighted by atomic mass is 10.0. The molecule has 0 radical (unpaired) electrons. The second kappa shape index (κ2) is 5.00. The number of carboxylic acids is 1. The van der Waals surface area contributed by atoms with Crippen LogP contribution in [0.25, 0.3) is 0 Å². The van der Waals surface area contributed by atoms with Gasteiger partial charge in [0, 0.05) is 12.6 Å². The zero-order valence-corrected chi connectivity index (χ0v) is 10.00. The Bertz CT molecular complexity index is 251. The maximum absolute atomic E-state index is 11.6. The van der Waals surface area contributed by atoms with Crippen LogP contribution in [0.5, 0.6) is 0 Å². The van der Waals surface area contributed by atoms with E-state index in [4.69, 9.17) is 5.11 Å². The van der Waals surface area contributed by atoms with Crippen LogP contribution in [0.1, 0.15) is 34.1 Å². The van der Waals surface area contributed by atoms with E-state index < -0.39 is 12.0 Å². The predicted molar refractivity (Wildman–Crippen MR) is 57.8 cm³/mol. The van der Waals surface area contributed by atoms with E-state index in [9.17, 15) is 9.59 Å². The molecule has 0 heterocycles. The fraction of sp³-hybridized carbons (Fsp3) is 0.800. The molecule has 0 aliphatic carbocycles. The molecule has 0 aliphatic rings. The van der Waals surface area contributed by atoms with Crippen LogP contribution in [-0.2, 0) is 4.79 Å². The van der Waals surface area contributed by atoms with Crippen molar-refractivity contribution in [3.05, 3.63) is 0 Å². The minimum atomic E-state index is -1.04. The van der Waals surface area contributed by atoms with Crippen LogP contribution in [0.15, 0.2) is 0 Å². The average Bonchev–Trinajstić information content (AvgIpc) is 2.16. The van der Waals surface area contributed by atoms with E-state index in [2.05, 4.69) is 5.32 Å². The SMILES string of the molecule is CCC(C)(C)N(C)C(=O)N[C@@H](C)C(=O)O. The fourth-order valence-electron chi connectivity index (χ4n) is 0.856. The van der Waals surface area contributed by atoms with Crippen molar-refractivity contribution in [1.82, 2.24) is 10.2 Å². The Hall–Kier alpha value is -1.26. The number of hydrogen-bond acceptors (Lipinski definition) is 2. The summed E-state index contributed by atoms with van der Waals surface area (Å²) >= 11 is 0. The molecule has 0 unspecified atom stereocenters. The Balaban J connectivity index is 4.40. The molecule has 0 saturated heterocycles. The summed E-state index contributed by atoms with van der Waals surface area (Å²) in [5, 5.41) is 11.0. The summed E-state index contributed by atoms with van der Waals surface area (Å²) < 4.78 is 0. The summed E-state index contributed by atoms with van der Waals surface area (Å²) in [4.78, 5) is 23.7. The van der Waals surface area contributed by atoms with E-state index in [1.807, 2.05) is 20.8 Å². The van der Waals surface area contributed by atoms with Crippen molar-refractivity contribution in [2.24, 2.45) is 0 Å². The van der Waals surface area contributed by atoms with Gasteiger partial charge in [-0.1, -0.05) is 6.92 Å². The molecule has 5 heteroatoms. The third kappa shape index (κ3) is 3.77. The Morgan fingerprint density at radius 1 is 1.47 bits per heavy atom. The van der Waals surface area contributed by atoms with Gasteiger partial charge in [0.15, 0.2) is 0 Å². The van der Waals surface area contributed by atoms with Crippen LogP contribution < -0.4 is 5.32 Å². The molecule has 0 bridgehead atoms. The maximum atomic E-state index is 11.6. The van der Waals surface area contributed by atoms with Gasteiger partial charge in [-0.25, -0.2) is 4.79 Å². The van der Waals surface area contributed by atoms with Crippen molar-refractivity contribution in [2.75, 3.05) is 7.05 Å². The Labute approximate surface area is 90.5 Å². The first-order chi connectivity index (χ1) is 6.72. The van der Waals surface area contributed by atoms with Gasteiger partial charge in [0.2, 0.25) is 0 Å². The largest absolute Gasteiger partial charge is 0.480 e. The first-order valence-corrected chi connectivity index (χ1v) is 4.99. The molecule has 0 aliphatic heterocycles. The van der Waals surface area contributed by atoms with Crippen LogP contribution in [0.2, 0.25) is 0 Å². The smallest absolute Gasteiger partial charge is 0.325 e. The molecule has 0 aromatic heterocycles. The van der Waals surface area contributed by atoms with Gasteiger partial charge in [-0.2, -0.15) is 0 Å². The molecule has 15 heavy (non-hydrogen) atoms. The zero-order chi connectivity index (χ0) is 12.2. The van der Waals surface area contributed by atoms with Gasteiger partial charge >= 0.3 is 12.0 Å². The molecule has 0 saturated carbocycles. The van der Waals surface area contributed by atoms with E-state index in [0.717, 1.165) is 6.42 Å². The highest BCUT2D eigenvalue weighted by atomic mass is 16.4. The van der Waals surface area contributed by atoms with Gasteiger partial charge in [0.05, 0.1) is 0 Å². The topological polar surface area (TPSA) is 69.6 Å². The summed E-state index contributed by atoms with van der Waals surface area (Å²) in [7, 11) is 1.66. The van der Waals surface area contributed by atoms with Gasteiger partial charge in [0.1, 0.15) is 6.04 Å². The van der Waals surface area contributed by atoms with E-state index >= 15 is 0 Å². The number of carbonyl (C=O) groups excluding carboxylic acids is 1. The molecule has 0 aromatic rings. The summed E-state index contributed by atoms with van der Waals surface area (Å²) in [5.41, 5.74) is -0.275. The van der Waals surface area contributed by atoms with Crippen molar-refractivity contribution < 1.29 is 14.7 Å². The van der Waals surface area contributed by atoms with Crippen molar-refractivity contribution in [3.8, 4) is 0 Å². The molecule has 2 N–H and O–H groups in total. The van der Waals surface area contributed by atoms with Crippen LogP contribution in [-0.4, -0.2) is 40.6 Å². The van der Waals surface area contributed by atoms with Crippen molar-refractivity contribution in [3.63, 3.8) is 0 Å². The van der Waals surface area contributed by atoms with Crippen LogP contribution in [0, 0.1) is 0 Å². The lowest BCUT2D eigenvalue weighted by Crippen LogP contribution is -2.52. The monoisotopic (exact) mass is 216 g/mol. The summed E-state index contributed by atoms with van der Waals surface area (Å²) in [5.74, 6) is -1.04. The third-order valence-corrected chi connectivity index (χ3v) is 2.79. The van der Waals surface area contributed by atoms with Crippen molar-refractivity contribution >= 4 is 12.0 Å². The molecule has 88 valence electrons. The standard InChI is InChI=1S/C10H20N2O3/c1-6-10(3,4)12(5)9(15)11-7(2)8(13)14/h7H,6H2,1-5H3,(H,11,15)(H,13,14)/t7-/m0/s1. The predicted octanol–water partition coefficient (Wildman–Crippen LogP) is 1.29. The number of hydrogen-bond donors (Lipinski definition) is 2. The van der Waals surface area contributed by atoms with Gasteiger partial charge in [-0.05, 0) is 27.2 Å². The number of nitrogens with zero attached hydrogens (tertiary/aromatic N) is 1. The van der Waals surface area contributed by atoms with Gasteiger partial charge in [-0.3, -0.25) is 4.79 Å². The van der Waals surface area contributed by atoms with E-state index in [1.54, 1.807) is 7.05 Å². The first-order valence-electron chi connectivity index (χ1n) is 4.99. The highest BCUT2D eigenvalue weighted by Crippen LogP contribution is 2.16. The lowest BCUT2D eigenvalue weighted by molar-refractivity contribution is -0.138. The second-order valence-electron chi connectivity index (χ2n) is 4.23. The molecule has 0 rings (SSSR count). The Morgan fingerprint density at radius 2 is 1.93 bits per heavy atom. The molecular weight excluding hydrogens is 196 g/mol. The molecule has 5 nitrogen and oxygen atoms in total. The van der Waals surface area contributed by atoms with Gasteiger partial charge < -0.3 is 15.3 Å². The fourth-order valence-corrected chi connectivity index (χ4v) is 0.856. The third-order valence-electron chi connectivity index (χ3n) is 2.79. The maximum Gasteiger partial charge on any atom is 0.325 e. The number of nitrogens with one attached hydrogen (secondary N) is 1. The van der Waals surface area contributed by atoms with E-state index in [-0.39, 0.29) is 11.6 Å². The Kier molecular flexibility index (Phi) is 4.58. The lowest BCUT2D eigenvalue weighted by Gasteiger charge is -2.35. The molecule has 0 aromatic carbocycles. The van der Waals surface area contributed by atoms with Crippen LogP contribution in [0.4, 0.5) is 4.79 Å². The average molecular weight is 216 g/mol. The van der Waals surface area contributed by atoms with E-state index in [0.29, 0.717) is 0 Å². The second-order valence-corrected chi connectivity index (χ2v) is 4.23. The molecule has 0 spiro atoms. The number of amides is 2. The summed E-state index contributed by atoms with van der Waals surface area (Å²) in [6, 6.07) is -1.23. The van der Waals surface area contributed by atoms with Gasteiger partial charge in [-0.15, -0.1) is 0 Å². The highest BCUT2D eigenvalue weighted by molar-refractivity contribution is 5.82. The van der Waals surface area contributed by atoms with Crippen LogP contribution >= 0.6 is 0 Å². The zero-order valence-electron chi connectivity index (χ0n) is 10.00. The van der Waals surface area contributed by atoms with Crippen molar-refractivity contribution in [1.29, 1.82) is 0 Å². The summed E-state index contributed by atoms with van der Waals surface area (Å²) in [6.07, 6.45) is 0.804. The number of carbonyl (C=O) groups is 2. The van der Waals surface area contributed by atoms with Crippen molar-refractivity contribution in [2.45, 2.75) is 45.7 Å². The normalized spacial score (nSPS) is 13.1. The molecule has 0 fully saturated rings. The molecule has 2 amide bonds. The van der Waals surface area contributed by atoms with Gasteiger partial charge in [0.25, 0.3) is 0 Å². The minimum Gasteiger partial charge on any atom is -0.480 e. The summed E-state index contributed by atoms with van der Waals surface area (Å²) in [6.45, 7) is 7.27. The highest BCUT2D eigenvalue weighted by Gasteiger charge is 2.27. The van der Waals surface area contributed by atoms with Crippen LogP contribution in [0.3, 0.4) is 0 Å². The number of carboxylic acid groups (broad SMARTS) is 1. The number of urea groups is 1. The van der Waals surface area contributed by atoms with E-state index in [1.165, 1.54) is 11.8 Å². The number of rotatable bonds is 4. The molecular formula is C10H20N2O3. The minimum absolute atomic E-state index is 0.275. The number of aliphatic carboxylic acids is 1.